The van der Waals surface area contributed by atoms with Crippen molar-refractivity contribution < 1.29 is 0 Å². The van der Waals surface area contributed by atoms with Gasteiger partial charge in [0.1, 0.15) is 0 Å². The summed E-state index contributed by atoms with van der Waals surface area (Å²) in [5.41, 5.74) is 7.59. The van der Waals surface area contributed by atoms with Crippen LogP contribution in [0.15, 0.2) is 18.2 Å². The maximum atomic E-state index is 5.85. The normalized spacial score (nSPS) is 23.5. The second-order valence-corrected chi connectivity index (χ2v) is 6.96. The minimum atomic E-state index is 0.388. The average molecular weight is 260 g/mol. The van der Waals surface area contributed by atoms with Crippen LogP contribution in [0.1, 0.15) is 49.8 Å². The van der Waals surface area contributed by atoms with Crippen molar-refractivity contribution in [2.75, 3.05) is 0 Å². The lowest BCUT2D eigenvalue weighted by atomic mass is 9.76. The van der Waals surface area contributed by atoms with Crippen molar-refractivity contribution in [1.82, 2.24) is 5.43 Å². The molecule has 0 radical (unpaired) electrons. The van der Waals surface area contributed by atoms with Crippen LogP contribution in [0.25, 0.3) is 0 Å². The number of aryl methyl sites for hydroxylation is 2. The Morgan fingerprint density at radius 2 is 1.89 bits per heavy atom. The predicted octanol–water partition coefficient (Wildman–Crippen LogP) is 3.50. The highest BCUT2D eigenvalue weighted by Crippen LogP contribution is 2.44. The fourth-order valence-electron chi connectivity index (χ4n) is 3.86. The SMILES string of the molecule is Cc1cc(C)cc(CC(NN)C2CCCC2(C)C)c1. The lowest BCUT2D eigenvalue weighted by Crippen LogP contribution is -2.45. The Hall–Kier alpha value is -0.860. The van der Waals surface area contributed by atoms with E-state index >= 15 is 0 Å². The highest BCUT2D eigenvalue weighted by atomic mass is 15.2. The molecule has 1 saturated carbocycles. The lowest BCUT2D eigenvalue weighted by molar-refractivity contribution is 0.196. The average Bonchev–Trinajstić information content (AvgIpc) is 2.64. The van der Waals surface area contributed by atoms with Gasteiger partial charge in [-0.05, 0) is 50.0 Å². The van der Waals surface area contributed by atoms with E-state index in [4.69, 9.17) is 5.84 Å². The summed E-state index contributed by atoms with van der Waals surface area (Å²) in [6, 6.07) is 7.20. The Labute approximate surface area is 117 Å². The number of rotatable bonds is 4. The van der Waals surface area contributed by atoms with Crippen LogP contribution >= 0.6 is 0 Å². The molecule has 2 heteroatoms. The second kappa shape index (κ2) is 5.64. The van der Waals surface area contributed by atoms with Gasteiger partial charge in [-0.3, -0.25) is 11.3 Å². The number of hydrazine groups is 1. The van der Waals surface area contributed by atoms with Crippen LogP contribution < -0.4 is 11.3 Å². The highest BCUT2D eigenvalue weighted by molar-refractivity contribution is 5.29. The van der Waals surface area contributed by atoms with Gasteiger partial charge in [0.15, 0.2) is 0 Å². The van der Waals surface area contributed by atoms with E-state index in [1.165, 1.54) is 36.0 Å². The maximum Gasteiger partial charge on any atom is 0.0284 e. The molecular weight excluding hydrogens is 232 g/mol. The topological polar surface area (TPSA) is 38.0 Å². The molecule has 1 aliphatic carbocycles. The number of nitrogens with one attached hydrogen (secondary N) is 1. The number of hydrogen-bond donors (Lipinski definition) is 2. The first-order valence-electron chi connectivity index (χ1n) is 7.46. The molecule has 0 spiro atoms. The molecule has 1 fully saturated rings. The summed E-state index contributed by atoms with van der Waals surface area (Å²) >= 11 is 0. The van der Waals surface area contributed by atoms with Crippen molar-refractivity contribution in [2.45, 2.75) is 59.4 Å². The summed E-state index contributed by atoms with van der Waals surface area (Å²) in [7, 11) is 0. The van der Waals surface area contributed by atoms with Gasteiger partial charge >= 0.3 is 0 Å². The summed E-state index contributed by atoms with van der Waals surface area (Å²) in [6.07, 6.45) is 4.99. The third kappa shape index (κ3) is 3.37. The molecule has 2 atom stereocenters. The Bertz CT molecular complexity index is 417. The first kappa shape index (κ1) is 14.5. The zero-order chi connectivity index (χ0) is 14.0. The van der Waals surface area contributed by atoms with E-state index < -0.39 is 0 Å². The lowest BCUT2D eigenvalue weighted by Gasteiger charge is -2.34. The number of benzene rings is 1. The van der Waals surface area contributed by atoms with Gasteiger partial charge in [0.25, 0.3) is 0 Å². The molecule has 0 heterocycles. The summed E-state index contributed by atoms with van der Waals surface area (Å²) in [6.45, 7) is 9.11. The van der Waals surface area contributed by atoms with Gasteiger partial charge in [0.2, 0.25) is 0 Å². The molecular formula is C17H28N2. The largest absolute Gasteiger partial charge is 0.271 e. The minimum absolute atomic E-state index is 0.388. The Balaban J connectivity index is 2.15. The van der Waals surface area contributed by atoms with Crippen molar-refractivity contribution in [3.05, 3.63) is 34.9 Å². The molecule has 106 valence electrons. The molecule has 0 bridgehead atoms. The second-order valence-electron chi connectivity index (χ2n) is 6.96. The van der Waals surface area contributed by atoms with E-state index in [1.807, 2.05) is 0 Å². The van der Waals surface area contributed by atoms with E-state index in [0.717, 1.165) is 6.42 Å². The third-order valence-electron chi connectivity index (χ3n) is 4.78. The van der Waals surface area contributed by atoms with E-state index in [-0.39, 0.29) is 0 Å². The van der Waals surface area contributed by atoms with Crippen LogP contribution in [0.4, 0.5) is 0 Å². The molecule has 2 unspecified atom stereocenters. The fourth-order valence-corrected chi connectivity index (χ4v) is 3.86. The molecule has 2 nitrogen and oxygen atoms in total. The standard InChI is InChI=1S/C17H28N2/c1-12-8-13(2)10-14(9-12)11-16(19-18)15-6-5-7-17(15,3)4/h8-10,15-16,19H,5-7,11,18H2,1-4H3. The van der Waals surface area contributed by atoms with Gasteiger partial charge in [-0.1, -0.05) is 49.6 Å². The predicted molar refractivity (Wildman–Crippen MR) is 81.9 cm³/mol. The van der Waals surface area contributed by atoms with Gasteiger partial charge in [0.05, 0.1) is 0 Å². The van der Waals surface area contributed by atoms with E-state index in [0.29, 0.717) is 17.4 Å². The van der Waals surface area contributed by atoms with Crippen molar-refractivity contribution in [3.8, 4) is 0 Å². The summed E-state index contributed by atoms with van der Waals surface area (Å²) < 4.78 is 0. The molecule has 0 amide bonds. The quantitative estimate of drug-likeness (QED) is 0.642. The van der Waals surface area contributed by atoms with Crippen molar-refractivity contribution >= 4 is 0 Å². The first-order valence-corrected chi connectivity index (χ1v) is 7.46. The van der Waals surface area contributed by atoms with Crippen molar-refractivity contribution in [1.29, 1.82) is 0 Å². The smallest absolute Gasteiger partial charge is 0.0284 e. The molecule has 1 aliphatic rings. The molecule has 0 saturated heterocycles. The summed E-state index contributed by atoms with van der Waals surface area (Å²) in [5, 5.41) is 0. The first-order chi connectivity index (χ1) is 8.92. The summed E-state index contributed by atoms with van der Waals surface area (Å²) in [4.78, 5) is 0. The van der Waals surface area contributed by atoms with Gasteiger partial charge in [-0.15, -0.1) is 0 Å². The highest BCUT2D eigenvalue weighted by Gasteiger charge is 2.39. The minimum Gasteiger partial charge on any atom is -0.271 e. The Kier molecular flexibility index (Phi) is 4.32. The molecule has 1 aromatic carbocycles. The van der Waals surface area contributed by atoms with Crippen molar-refractivity contribution in [2.24, 2.45) is 17.2 Å². The van der Waals surface area contributed by atoms with E-state index in [9.17, 15) is 0 Å². The Morgan fingerprint density at radius 3 is 2.37 bits per heavy atom. The van der Waals surface area contributed by atoms with Gasteiger partial charge in [-0.2, -0.15) is 0 Å². The maximum absolute atomic E-state index is 5.85. The van der Waals surface area contributed by atoms with Crippen LogP contribution in [0.3, 0.4) is 0 Å². The van der Waals surface area contributed by atoms with Gasteiger partial charge in [-0.25, -0.2) is 0 Å². The monoisotopic (exact) mass is 260 g/mol. The van der Waals surface area contributed by atoms with Crippen LogP contribution in [0, 0.1) is 25.2 Å². The van der Waals surface area contributed by atoms with Crippen LogP contribution in [0.2, 0.25) is 0 Å². The van der Waals surface area contributed by atoms with Gasteiger partial charge in [0, 0.05) is 6.04 Å². The molecule has 0 aromatic heterocycles. The molecule has 19 heavy (non-hydrogen) atoms. The van der Waals surface area contributed by atoms with Crippen LogP contribution in [0.5, 0.6) is 0 Å². The third-order valence-corrected chi connectivity index (χ3v) is 4.78. The van der Waals surface area contributed by atoms with E-state index in [2.05, 4.69) is 51.3 Å². The Morgan fingerprint density at radius 1 is 1.26 bits per heavy atom. The molecule has 3 N–H and O–H groups in total. The van der Waals surface area contributed by atoms with Crippen LogP contribution in [-0.4, -0.2) is 6.04 Å². The molecule has 2 rings (SSSR count). The number of hydrogen-bond acceptors (Lipinski definition) is 2. The number of nitrogens with two attached hydrogens (primary N) is 1. The van der Waals surface area contributed by atoms with E-state index in [1.54, 1.807) is 0 Å². The molecule has 0 aliphatic heterocycles. The zero-order valence-electron chi connectivity index (χ0n) is 12.8. The summed E-state index contributed by atoms with van der Waals surface area (Å²) in [5.74, 6) is 6.53. The van der Waals surface area contributed by atoms with Gasteiger partial charge < -0.3 is 0 Å². The zero-order valence-corrected chi connectivity index (χ0v) is 12.8. The fraction of sp³-hybridized carbons (Fsp3) is 0.647. The molecule has 1 aromatic rings. The van der Waals surface area contributed by atoms with Crippen molar-refractivity contribution in [3.63, 3.8) is 0 Å². The van der Waals surface area contributed by atoms with Crippen LogP contribution in [-0.2, 0) is 6.42 Å².